The maximum atomic E-state index is 10.6. The molecule has 0 aliphatic rings. The Bertz CT molecular complexity index is 786. The number of nitrogens with two attached hydrogens (primary N) is 1. The lowest BCUT2D eigenvalue weighted by molar-refractivity contribution is 0.100. The third-order valence-electron chi connectivity index (χ3n) is 1.97. The smallest absolute Gasteiger partial charge is 0.261 e. The van der Waals surface area contributed by atoms with Crippen LogP contribution in [0.2, 0.25) is 0 Å². The van der Waals surface area contributed by atoms with Crippen LogP contribution in [0.4, 0.5) is 0 Å². The second kappa shape index (κ2) is 8.06. The number of primary amides is 1. The molecule has 0 aliphatic heterocycles. The number of nitrogens with one attached hydrogen (secondary N) is 1. The predicted octanol–water partition coefficient (Wildman–Crippen LogP) is 4.22. The summed E-state index contributed by atoms with van der Waals surface area (Å²) >= 11 is 15.5. The zero-order valence-corrected chi connectivity index (χ0v) is 18.2. The molecule has 3 N–H and O–H groups in total. The Morgan fingerprint density at radius 3 is 2.09 bits per heavy atom. The summed E-state index contributed by atoms with van der Waals surface area (Å²) in [5, 5.41) is 6.52. The predicted molar refractivity (Wildman–Crippen MR) is 98.9 cm³/mol. The molecule has 3 aromatic rings. The molecular formula is C9H4Br4N6OS2. The van der Waals surface area contributed by atoms with E-state index in [1.54, 1.807) is 0 Å². The summed E-state index contributed by atoms with van der Waals surface area (Å²) < 4.78 is 2.74. The van der Waals surface area contributed by atoms with Gasteiger partial charge >= 0.3 is 0 Å². The average Bonchev–Trinajstić information content (AvgIpc) is 3.11. The standard InChI is InChI=1S/C5H2Br2N4S.C4H2Br2N2OS/c6-3-2(12-5(7)10-3)4-8-1-9-11-4;5-2-1(3(7)9)10-4(6)8-2/h1H,(H,8,9,11);(H2,7,9). The highest BCUT2D eigenvalue weighted by Crippen LogP contribution is 2.33. The van der Waals surface area contributed by atoms with Gasteiger partial charge in [-0.15, -0.1) is 22.7 Å². The number of hydrogen-bond donors (Lipinski definition) is 2. The van der Waals surface area contributed by atoms with E-state index in [0.29, 0.717) is 13.4 Å². The monoisotopic (exact) mass is 592 g/mol. The van der Waals surface area contributed by atoms with Crippen molar-refractivity contribution < 1.29 is 4.79 Å². The number of hydrogen-bond acceptors (Lipinski definition) is 7. The molecule has 0 radical (unpaired) electrons. The quantitative estimate of drug-likeness (QED) is 0.461. The summed E-state index contributed by atoms with van der Waals surface area (Å²) in [6.07, 6.45) is 1.47. The lowest BCUT2D eigenvalue weighted by Gasteiger charge is -1.86. The molecule has 0 atom stereocenters. The molecule has 0 unspecified atom stereocenters. The molecule has 0 saturated heterocycles. The highest BCUT2D eigenvalue weighted by Gasteiger charge is 2.12. The molecule has 0 spiro atoms. The van der Waals surface area contributed by atoms with Gasteiger partial charge in [0.2, 0.25) is 0 Å². The lowest BCUT2D eigenvalue weighted by atomic mass is 10.5. The first-order valence-corrected chi connectivity index (χ1v) is 9.98. The number of carbonyl (C=O) groups excluding carboxylic acids is 1. The summed E-state index contributed by atoms with van der Waals surface area (Å²) in [6.45, 7) is 0. The van der Waals surface area contributed by atoms with Crippen LogP contribution in [-0.2, 0) is 0 Å². The molecule has 0 aliphatic carbocycles. The Morgan fingerprint density at radius 2 is 1.73 bits per heavy atom. The van der Waals surface area contributed by atoms with Crippen LogP contribution in [0.5, 0.6) is 0 Å². The Hall–Kier alpha value is -0.210. The van der Waals surface area contributed by atoms with Gasteiger partial charge in [0.25, 0.3) is 5.91 Å². The van der Waals surface area contributed by atoms with Crippen molar-refractivity contribution in [2.45, 2.75) is 0 Å². The van der Waals surface area contributed by atoms with Crippen LogP contribution >= 0.6 is 86.4 Å². The fraction of sp³-hybridized carbons (Fsp3) is 0. The third-order valence-corrected chi connectivity index (χ3v) is 6.68. The van der Waals surface area contributed by atoms with Gasteiger partial charge in [0, 0.05) is 0 Å². The zero-order chi connectivity index (χ0) is 16.3. The molecule has 7 nitrogen and oxygen atoms in total. The van der Waals surface area contributed by atoms with Gasteiger partial charge in [-0.3, -0.25) is 9.89 Å². The van der Waals surface area contributed by atoms with Crippen LogP contribution in [0.1, 0.15) is 9.67 Å². The van der Waals surface area contributed by atoms with E-state index in [0.717, 1.165) is 19.2 Å². The van der Waals surface area contributed by atoms with Crippen molar-refractivity contribution in [3.63, 3.8) is 0 Å². The lowest BCUT2D eigenvalue weighted by Crippen LogP contribution is -2.09. The largest absolute Gasteiger partial charge is 0.365 e. The summed E-state index contributed by atoms with van der Waals surface area (Å²) in [4.78, 5) is 24.0. The highest BCUT2D eigenvalue weighted by molar-refractivity contribution is 9.11. The molecule has 22 heavy (non-hydrogen) atoms. The molecule has 3 rings (SSSR count). The minimum absolute atomic E-state index is 0.437. The van der Waals surface area contributed by atoms with Gasteiger partial charge in [-0.05, 0) is 63.7 Å². The number of aromatic amines is 1. The molecule has 3 aromatic heterocycles. The molecule has 13 heteroatoms. The Balaban J connectivity index is 0.000000164. The van der Waals surface area contributed by atoms with Crippen molar-refractivity contribution in [1.82, 2.24) is 25.1 Å². The van der Waals surface area contributed by atoms with Gasteiger partial charge in [-0.25, -0.2) is 15.0 Å². The van der Waals surface area contributed by atoms with Gasteiger partial charge in [0.15, 0.2) is 13.7 Å². The number of H-pyrrole nitrogens is 1. The maximum absolute atomic E-state index is 10.6. The number of thiazole rings is 2. The molecule has 116 valence electrons. The molecule has 1 amide bonds. The Kier molecular flexibility index (Phi) is 6.64. The van der Waals surface area contributed by atoms with Gasteiger partial charge < -0.3 is 5.73 Å². The van der Waals surface area contributed by atoms with Gasteiger partial charge in [-0.1, -0.05) is 0 Å². The summed E-state index contributed by atoms with van der Waals surface area (Å²) in [5.41, 5.74) is 5.01. The minimum atomic E-state index is -0.463. The first-order chi connectivity index (χ1) is 10.4. The fourth-order valence-corrected chi connectivity index (χ4v) is 5.59. The fourth-order valence-electron chi connectivity index (χ4n) is 1.17. The number of aromatic nitrogens is 5. The van der Waals surface area contributed by atoms with E-state index in [4.69, 9.17) is 5.73 Å². The Labute approximate surface area is 165 Å². The van der Waals surface area contributed by atoms with Crippen LogP contribution < -0.4 is 5.73 Å². The van der Waals surface area contributed by atoms with E-state index in [2.05, 4.69) is 88.9 Å². The summed E-state index contributed by atoms with van der Waals surface area (Å²) in [5.74, 6) is 0.264. The number of halogens is 4. The van der Waals surface area contributed by atoms with Crippen molar-refractivity contribution in [3.8, 4) is 10.7 Å². The van der Waals surface area contributed by atoms with E-state index in [9.17, 15) is 4.79 Å². The summed E-state index contributed by atoms with van der Waals surface area (Å²) in [6, 6.07) is 0. The number of carbonyl (C=O) groups is 1. The number of nitrogens with zero attached hydrogens (tertiary/aromatic N) is 4. The van der Waals surface area contributed by atoms with Gasteiger partial charge in [0.1, 0.15) is 25.3 Å². The number of rotatable bonds is 2. The van der Waals surface area contributed by atoms with Crippen LogP contribution in [0.15, 0.2) is 23.4 Å². The van der Waals surface area contributed by atoms with Crippen LogP contribution in [0.25, 0.3) is 10.7 Å². The van der Waals surface area contributed by atoms with Crippen LogP contribution in [0, 0.1) is 0 Å². The van der Waals surface area contributed by atoms with Crippen LogP contribution in [-0.4, -0.2) is 31.1 Å². The minimum Gasteiger partial charge on any atom is -0.365 e. The SMILES string of the molecule is Brc1nc(Br)c(-c2ncn[nH]2)s1.NC(=O)c1sc(Br)nc1Br. The van der Waals surface area contributed by atoms with Crippen molar-refractivity contribution in [2.75, 3.05) is 0 Å². The van der Waals surface area contributed by atoms with E-state index >= 15 is 0 Å². The van der Waals surface area contributed by atoms with E-state index in [1.807, 2.05) is 0 Å². The Morgan fingerprint density at radius 1 is 1.09 bits per heavy atom. The normalized spacial score (nSPS) is 10.2. The number of amides is 1. The van der Waals surface area contributed by atoms with E-state index in [-0.39, 0.29) is 0 Å². The third kappa shape index (κ3) is 4.64. The van der Waals surface area contributed by atoms with E-state index in [1.165, 1.54) is 29.0 Å². The molecule has 0 saturated carbocycles. The van der Waals surface area contributed by atoms with Gasteiger partial charge in [-0.2, -0.15) is 5.10 Å². The van der Waals surface area contributed by atoms with Gasteiger partial charge in [0.05, 0.1) is 0 Å². The summed E-state index contributed by atoms with van der Waals surface area (Å²) in [7, 11) is 0. The van der Waals surface area contributed by atoms with E-state index < -0.39 is 5.91 Å². The molecular weight excluding hydrogens is 592 g/mol. The maximum Gasteiger partial charge on any atom is 0.261 e. The van der Waals surface area contributed by atoms with Crippen molar-refractivity contribution in [3.05, 3.63) is 28.2 Å². The highest BCUT2D eigenvalue weighted by atomic mass is 79.9. The van der Waals surface area contributed by atoms with Crippen LogP contribution in [0.3, 0.4) is 0 Å². The zero-order valence-electron chi connectivity index (χ0n) is 10.2. The molecule has 0 fully saturated rings. The first-order valence-electron chi connectivity index (χ1n) is 5.17. The van der Waals surface area contributed by atoms with Crippen molar-refractivity contribution >= 4 is 92.3 Å². The average molecular weight is 596 g/mol. The first kappa shape index (κ1) is 18.1. The molecule has 0 bridgehead atoms. The second-order valence-corrected chi connectivity index (χ2v) is 9.42. The van der Waals surface area contributed by atoms with Crippen molar-refractivity contribution in [1.29, 1.82) is 0 Å². The molecule has 0 aromatic carbocycles. The second-order valence-electron chi connectivity index (χ2n) is 3.37. The van der Waals surface area contributed by atoms with Crippen molar-refractivity contribution in [2.24, 2.45) is 5.73 Å². The topological polar surface area (TPSA) is 110 Å². The molecule has 3 heterocycles.